The molecule has 2 N–H and O–H groups in total. The number of nitrogens with one attached hydrogen (secondary N) is 2. The average Bonchev–Trinajstić information content (AvgIpc) is 2.88. The standard InChI is InChI=1S/C11H14N4O2S/c1-6(2)8-5-12-11(18-8)14-10(16)13-9-4-7(3)17-15-9/h4-6H,1-3H3,(H2,12,13,14,15,16). The number of aromatic nitrogens is 2. The van der Waals surface area contributed by atoms with Crippen molar-refractivity contribution in [2.45, 2.75) is 26.7 Å². The fraction of sp³-hybridized carbons (Fsp3) is 0.364. The third kappa shape index (κ3) is 3.07. The molecule has 2 amide bonds. The van der Waals surface area contributed by atoms with Crippen LogP contribution in [0.25, 0.3) is 0 Å². The maximum Gasteiger partial charge on any atom is 0.326 e. The van der Waals surface area contributed by atoms with Crippen molar-refractivity contribution in [3.8, 4) is 0 Å². The smallest absolute Gasteiger partial charge is 0.326 e. The van der Waals surface area contributed by atoms with Gasteiger partial charge in [-0.2, -0.15) is 0 Å². The number of thiazole rings is 1. The molecule has 0 fully saturated rings. The van der Waals surface area contributed by atoms with Gasteiger partial charge in [0.15, 0.2) is 10.9 Å². The highest BCUT2D eigenvalue weighted by Gasteiger charge is 2.10. The quantitative estimate of drug-likeness (QED) is 0.894. The molecule has 0 bridgehead atoms. The normalized spacial score (nSPS) is 10.7. The molecule has 0 saturated heterocycles. The minimum absolute atomic E-state index is 0.380. The number of hydrogen-bond acceptors (Lipinski definition) is 5. The van der Waals surface area contributed by atoms with Crippen molar-refractivity contribution in [3.05, 3.63) is 22.9 Å². The van der Waals surface area contributed by atoms with Gasteiger partial charge in [-0.25, -0.2) is 9.78 Å². The Morgan fingerprint density at radius 2 is 2.22 bits per heavy atom. The van der Waals surface area contributed by atoms with Crippen LogP contribution in [-0.4, -0.2) is 16.2 Å². The van der Waals surface area contributed by atoms with Crippen molar-refractivity contribution in [3.63, 3.8) is 0 Å². The van der Waals surface area contributed by atoms with Crippen LogP contribution in [0.3, 0.4) is 0 Å². The summed E-state index contributed by atoms with van der Waals surface area (Å²) in [4.78, 5) is 16.9. The third-order valence-corrected chi connectivity index (χ3v) is 3.40. The van der Waals surface area contributed by atoms with Crippen LogP contribution in [0.5, 0.6) is 0 Å². The summed E-state index contributed by atoms with van der Waals surface area (Å²) in [7, 11) is 0. The fourth-order valence-corrected chi connectivity index (χ4v) is 2.09. The first-order chi connectivity index (χ1) is 8.54. The van der Waals surface area contributed by atoms with Gasteiger partial charge in [0.05, 0.1) is 0 Å². The van der Waals surface area contributed by atoms with Crippen LogP contribution in [-0.2, 0) is 0 Å². The van der Waals surface area contributed by atoms with Crippen LogP contribution >= 0.6 is 11.3 Å². The number of aryl methyl sites for hydroxylation is 1. The highest BCUT2D eigenvalue weighted by atomic mass is 32.1. The Hall–Kier alpha value is -1.89. The molecule has 2 rings (SSSR count). The lowest BCUT2D eigenvalue weighted by atomic mass is 10.2. The van der Waals surface area contributed by atoms with E-state index in [0.717, 1.165) is 4.88 Å². The number of urea groups is 1. The predicted octanol–water partition coefficient (Wildman–Crippen LogP) is 3.21. The number of nitrogens with zero attached hydrogens (tertiary/aromatic N) is 2. The minimum atomic E-state index is -0.382. The van der Waals surface area contributed by atoms with Gasteiger partial charge in [0.25, 0.3) is 0 Å². The summed E-state index contributed by atoms with van der Waals surface area (Å²) >= 11 is 1.46. The molecule has 0 aromatic carbocycles. The Morgan fingerprint density at radius 3 is 2.78 bits per heavy atom. The van der Waals surface area contributed by atoms with E-state index in [9.17, 15) is 4.79 Å². The second-order valence-electron chi connectivity index (χ2n) is 4.12. The summed E-state index contributed by atoms with van der Waals surface area (Å²) in [6, 6.07) is 1.26. The lowest BCUT2D eigenvalue weighted by Gasteiger charge is -2.01. The van der Waals surface area contributed by atoms with E-state index in [-0.39, 0.29) is 6.03 Å². The zero-order valence-electron chi connectivity index (χ0n) is 10.4. The first-order valence-corrected chi connectivity index (χ1v) is 6.33. The molecule has 6 nitrogen and oxygen atoms in total. The fourth-order valence-electron chi connectivity index (χ4n) is 1.28. The molecule has 0 aliphatic carbocycles. The number of hydrogen-bond donors (Lipinski definition) is 2. The topological polar surface area (TPSA) is 80.0 Å². The molecule has 7 heteroatoms. The highest BCUT2D eigenvalue weighted by molar-refractivity contribution is 7.15. The molecule has 2 heterocycles. The van der Waals surface area contributed by atoms with Gasteiger partial charge in [-0.1, -0.05) is 19.0 Å². The predicted molar refractivity (Wildman–Crippen MR) is 70.1 cm³/mol. The molecular formula is C11H14N4O2S. The number of rotatable bonds is 3. The largest absolute Gasteiger partial charge is 0.360 e. The van der Waals surface area contributed by atoms with Crippen molar-refractivity contribution >= 4 is 28.3 Å². The molecule has 2 aromatic heterocycles. The summed E-state index contributed by atoms with van der Waals surface area (Å²) in [6.07, 6.45) is 1.77. The molecule has 0 radical (unpaired) electrons. The zero-order chi connectivity index (χ0) is 13.1. The molecule has 0 spiro atoms. The van der Waals surface area contributed by atoms with Crippen LogP contribution in [0.1, 0.15) is 30.4 Å². The lowest BCUT2D eigenvalue weighted by molar-refractivity contribution is 0.262. The van der Waals surface area contributed by atoms with Crippen LogP contribution in [0.15, 0.2) is 16.8 Å². The van der Waals surface area contributed by atoms with E-state index >= 15 is 0 Å². The molecule has 18 heavy (non-hydrogen) atoms. The van der Waals surface area contributed by atoms with Gasteiger partial charge in [0.1, 0.15) is 5.76 Å². The van der Waals surface area contributed by atoms with E-state index in [2.05, 4.69) is 34.6 Å². The zero-order valence-corrected chi connectivity index (χ0v) is 11.2. The van der Waals surface area contributed by atoms with E-state index in [1.54, 1.807) is 19.2 Å². The summed E-state index contributed by atoms with van der Waals surface area (Å²) in [5, 5.41) is 9.45. The lowest BCUT2D eigenvalue weighted by Crippen LogP contribution is -2.19. The monoisotopic (exact) mass is 266 g/mol. The van der Waals surface area contributed by atoms with Gasteiger partial charge in [-0.3, -0.25) is 10.6 Å². The Balaban J connectivity index is 1.94. The number of carbonyl (C=O) groups is 1. The van der Waals surface area contributed by atoms with Crippen LogP contribution in [0.4, 0.5) is 15.7 Å². The van der Waals surface area contributed by atoms with Gasteiger partial charge in [-0.05, 0) is 12.8 Å². The second-order valence-corrected chi connectivity index (χ2v) is 5.19. The summed E-state index contributed by atoms with van der Waals surface area (Å²) < 4.78 is 4.85. The number of anilines is 2. The summed E-state index contributed by atoms with van der Waals surface area (Å²) in [5.41, 5.74) is 0. The molecule has 0 aliphatic rings. The SMILES string of the molecule is Cc1cc(NC(=O)Nc2ncc(C(C)C)s2)no1. The van der Waals surface area contributed by atoms with E-state index in [4.69, 9.17) is 4.52 Å². The Labute approximate surface area is 108 Å². The Morgan fingerprint density at radius 1 is 1.44 bits per heavy atom. The van der Waals surface area contributed by atoms with E-state index < -0.39 is 0 Å². The number of amides is 2. The van der Waals surface area contributed by atoms with Gasteiger partial charge >= 0.3 is 6.03 Å². The maximum atomic E-state index is 11.6. The van der Waals surface area contributed by atoms with Gasteiger partial charge in [0, 0.05) is 17.1 Å². The first-order valence-electron chi connectivity index (χ1n) is 5.51. The summed E-state index contributed by atoms with van der Waals surface area (Å²) in [5.74, 6) is 1.42. The van der Waals surface area contributed by atoms with E-state index in [1.807, 2.05) is 0 Å². The van der Waals surface area contributed by atoms with Crippen molar-refractivity contribution in [2.24, 2.45) is 0 Å². The van der Waals surface area contributed by atoms with E-state index in [0.29, 0.717) is 22.6 Å². The molecule has 0 aliphatic heterocycles. The van der Waals surface area contributed by atoms with Gasteiger partial charge in [-0.15, -0.1) is 11.3 Å². The first kappa shape index (κ1) is 12.6. The molecular weight excluding hydrogens is 252 g/mol. The second kappa shape index (κ2) is 5.18. The van der Waals surface area contributed by atoms with Crippen molar-refractivity contribution in [1.82, 2.24) is 10.1 Å². The molecule has 0 atom stereocenters. The van der Waals surface area contributed by atoms with Crippen LogP contribution in [0, 0.1) is 6.92 Å². The molecule has 2 aromatic rings. The van der Waals surface area contributed by atoms with Gasteiger partial charge in [0.2, 0.25) is 0 Å². The van der Waals surface area contributed by atoms with Crippen molar-refractivity contribution < 1.29 is 9.32 Å². The van der Waals surface area contributed by atoms with Crippen molar-refractivity contribution in [2.75, 3.05) is 10.6 Å². The average molecular weight is 266 g/mol. The maximum absolute atomic E-state index is 11.6. The van der Waals surface area contributed by atoms with E-state index in [1.165, 1.54) is 11.3 Å². The highest BCUT2D eigenvalue weighted by Crippen LogP contribution is 2.25. The van der Waals surface area contributed by atoms with Crippen LogP contribution < -0.4 is 10.6 Å². The third-order valence-electron chi connectivity index (χ3n) is 2.18. The number of carbonyl (C=O) groups excluding carboxylic acids is 1. The molecule has 96 valence electrons. The Kier molecular flexibility index (Phi) is 3.61. The molecule has 0 saturated carbocycles. The van der Waals surface area contributed by atoms with Crippen LogP contribution in [0.2, 0.25) is 0 Å². The Bertz CT molecular complexity index is 547. The molecule has 0 unspecified atom stereocenters. The van der Waals surface area contributed by atoms with Crippen molar-refractivity contribution in [1.29, 1.82) is 0 Å². The minimum Gasteiger partial charge on any atom is -0.360 e. The van der Waals surface area contributed by atoms with Gasteiger partial charge < -0.3 is 4.52 Å². The summed E-state index contributed by atoms with van der Waals surface area (Å²) in [6.45, 7) is 5.91.